The molecule has 0 bridgehead atoms. The van der Waals surface area contributed by atoms with Gasteiger partial charge in [0.15, 0.2) is 5.82 Å². The van der Waals surface area contributed by atoms with Gasteiger partial charge in [-0.15, -0.1) is 0 Å². The smallest absolute Gasteiger partial charge is 0.162 e. The number of nitrogen functional groups attached to an aromatic ring is 1. The van der Waals surface area contributed by atoms with E-state index in [1.165, 1.54) is 0 Å². The SMILES string of the molecule is CC(C)(C)c1ncc2nc(-c3ccncc3)nc(N)c2c1Cl. The number of nitrogens with two attached hydrogens (primary N) is 1. The monoisotopic (exact) mass is 313 g/mol. The first-order chi connectivity index (χ1) is 10.4. The molecular weight excluding hydrogens is 298 g/mol. The molecule has 22 heavy (non-hydrogen) atoms. The Bertz CT molecular complexity index is 841. The molecule has 0 saturated heterocycles. The highest BCUT2D eigenvalue weighted by Gasteiger charge is 2.22. The molecule has 0 amide bonds. The molecule has 6 heteroatoms. The molecule has 0 atom stereocenters. The van der Waals surface area contributed by atoms with E-state index in [0.717, 1.165) is 11.3 Å². The standard InChI is InChI=1S/C16H16ClN5/c1-16(2,3)13-12(17)11-10(8-20-13)21-15(22-14(11)18)9-4-6-19-7-5-9/h4-8H,1-3H3,(H2,18,21,22). The van der Waals surface area contributed by atoms with Crippen LogP contribution >= 0.6 is 11.6 Å². The van der Waals surface area contributed by atoms with E-state index in [9.17, 15) is 0 Å². The minimum absolute atomic E-state index is 0.179. The Morgan fingerprint density at radius 3 is 2.41 bits per heavy atom. The normalized spacial score (nSPS) is 11.8. The minimum atomic E-state index is -0.179. The molecular formula is C16H16ClN5. The molecule has 5 nitrogen and oxygen atoms in total. The third kappa shape index (κ3) is 2.48. The van der Waals surface area contributed by atoms with Crippen LogP contribution in [0, 0.1) is 0 Å². The maximum absolute atomic E-state index is 6.50. The number of fused-ring (bicyclic) bond motifs is 1. The zero-order chi connectivity index (χ0) is 15.9. The fourth-order valence-corrected chi connectivity index (χ4v) is 2.79. The van der Waals surface area contributed by atoms with Gasteiger partial charge in [0.05, 0.1) is 27.8 Å². The molecule has 0 spiro atoms. The summed E-state index contributed by atoms with van der Waals surface area (Å²) in [5, 5.41) is 1.17. The van der Waals surface area contributed by atoms with Gasteiger partial charge in [0.2, 0.25) is 0 Å². The number of rotatable bonds is 1. The van der Waals surface area contributed by atoms with Crippen LogP contribution in [-0.2, 0) is 5.41 Å². The number of hydrogen-bond donors (Lipinski definition) is 1. The van der Waals surface area contributed by atoms with Gasteiger partial charge in [-0.1, -0.05) is 32.4 Å². The molecule has 0 aliphatic heterocycles. The fourth-order valence-electron chi connectivity index (χ4n) is 2.27. The van der Waals surface area contributed by atoms with Crippen molar-refractivity contribution < 1.29 is 0 Å². The number of anilines is 1. The molecule has 3 rings (SSSR count). The third-order valence-corrected chi connectivity index (χ3v) is 3.73. The van der Waals surface area contributed by atoms with Gasteiger partial charge in [0.1, 0.15) is 5.82 Å². The van der Waals surface area contributed by atoms with Gasteiger partial charge in [-0.25, -0.2) is 9.97 Å². The second kappa shape index (κ2) is 5.18. The van der Waals surface area contributed by atoms with Gasteiger partial charge < -0.3 is 5.73 Å². The summed E-state index contributed by atoms with van der Waals surface area (Å²) < 4.78 is 0. The number of halogens is 1. The van der Waals surface area contributed by atoms with Crippen molar-refractivity contribution in [2.24, 2.45) is 0 Å². The van der Waals surface area contributed by atoms with Gasteiger partial charge in [-0.2, -0.15) is 0 Å². The first-order valence-corrected chi connectivity index (χ1v) is 7.28. The molecule has 0 unspecified atom stereocenters. The molecule has 3 heterocycles. The highest BCUT2D eigenvalue weighted by atomic mass is 35.5. The summed E-state index contributed by atoms with van der Waals surface area (Å²) in [6.07, 6.45) is 5.07. The first kappa shape index (κ1) is 14.7. The van der Waals surface area contributed by atoms with Crippen molar-refractivity contribution in [1.29, 1.82) is 0 Å². The molecule has 0 aliphatic rings. The number of aromatic nitrogens is 4. The number of nitrogens with zero attached hydrogens (tertiary/aromatic N) is 4. The van der Waals surface area contributed by atoms with E-state index in [-0.39, 0.29) is 5.41 Å². The predicted octanol–water partition coefficient (Wildman–Crippen LogP) is 3.62. The van der Waals surface area contributed by atoms with Gasteiger partial charge >= 0.3 is 0 Å². The Morgan fingerprint density at radius 1 is 1.09 bits per heavy atom. The molecule has 112 valence electrons. The lowest BCUT2D eigenvalue weighted by Crippen LogP contribution is -2.15. The summed E-state index contributed by atoms with van der Waals surface area (Å²) in [4.78, 5) is 17.4. The summed E-state index contributed by atoms with van der Waals surface area (Å²) in [6.45, 7) is 6.15. The highest BCUT2D eigenvalue weighted by Crippen LogP contribution is 2.35. The summed E-state index contributed by atoms with van der Waals surface area (Å²) in [5.74, 6) is 0.892. The zero-order valence-electron chi connectivity index (χ0n) is 12.6. The third-order valence-electron chi connectivity index (χ3n) is 3.36. The van der Waals surface area contributed by atoms with Crippen molar-refractivity contribution in [2.75, 3.05) is 5.73 Å². The average molecular weight is 314 g/mol. The first-order valence-electron chi connectivity index (χ1n) is 6.90. The van der Waals surface area contributed by atoms with Crippen LogP contribution < -0.4 is 5.73 Å². The van der Waals surface area contributed by atoms with E-state index in [2.05, 4.69) is 40.7 Å². The highest BCUT2D eigenvalue weighted by molar-refractivity contribution is 6.37. The van der Waals surface area contributed by atoms with E-state index < -0.39 is 0 Å². The van der Waals surface area contributed by atoms with Crippen LogP contribution in [-0.4, -0.2) is 19.9 Å². The van der Waals surface area contributed by atoms with Crippen molar-refractivity contribution >= 4 is 28.3 Å². The van der Waals surface area contributed by atoms with Gasteiger partial charge in [0, 0.05) is 23.4 Å². The van der Waals surface area contributed by atoms with Gasteiger partial charge in [-0.05, 0) is 12.1 Å². The largest absolute Gasteiger partial charge is 0.383 e. The second-order valence-corrected chi connectivity index (χ2v) is 6.48. The molecule has 0 radical (unpaired) electrons. The van der Waals surface area contributed by atoms with Crippen molar-refractivity contribution in [3.63, 3.8) is 0 Å². The summed E-state index contributed by atoms with van der Waals surface area (Å²) in [5.41, 5.74) is 8.22. The lowest BCUT2D eigenvalue weighted by Gasteiger charge is -2.20. The fraction of sp³-hybridized carbons (Fsp3) is 0.250. The molecule has 3 aromatic heterocycles. The predicted molar refractivity (Wildman–Crippen MR) is 88.7 cm³/mol. The molecule has 0 fully saturated rings. The van der Waals surface area contributed by atoms with Crippen LogP contribution in [0.1, 0.15) is 26.5 Å². The molecule has 2 N–H and O–H groups in total. The second-order valence-electron chi connectivity index (χ2n) is 6.10. The lowest BCUT2D eigenvalue weighted by molar-refractivity contribution is 0.570. The Labute approximate surface area is 133 Å². The maximum atomic E-state index is 6.50. The van der Waals surface area contributed by atoms with Crippen LogP contribution in [0.15, 0.2) is 30.7 Å². The quantitative estimate of drug-likeness (QED) is 0.742. The Kier molecular flexibility index (Phi) is 3.45. The van der Waals surface area contributed by atoms with Crippen molar-refractivity contribution in [1.82, 2.24) is 19.9 Å². The Morgan fingerprint density at radius 2 is 1.77 bits per heavy atom. The van der Waals surface area contributed by atoms with Crippen LogP contribution in [0.2, 0.25) is 5.02 Å². The maximum Gasteiger partial charge on any atom is 0.162 e. The van der Waals surface area contributed by atoms with Crippen LogP contribution in [0.5, 0.6) is 0 Å². The van der Waals surface area contributed by atoms with Crippen molar-refractivity contribution in [3.05, 3.63) is 41.4 Å². The van der Waals surface area contributed by atoms with Crippen molar-refractivity contribution in [3.8, 4) is 11.4 Å². The molecule has 0 aromatic carbocycles. The van der Waals surface area contributed by atoms with Crippen molar-refractivity contribution in [2.45, 2.75) is 26.2 Å². The van der Waals surface area contributed by atoms with Crippen LogP contribution in [0.25, 0.3) is 22.3 Å². The zero-order valence-corrected chi connectivity index (χ0v) is 13.4. The summed E-state index contributed by atoms with van der Waals surface area (Å²) in [6, 6.07) is 3.67. The molecule has 0 aliphatic carbocycles. The molecule has 3 aromatic rings. The van der Waals surface area contributed by atoms with Gasteiger partial charge in [-0.3, -0.25) is 9.97 Å². The van der Waals surface area contributed by atoms with Crippen LogP contribution in [0.4, 0.5) is 5.82 Å². The average Bonchev–Trinajstić information content (AvgIpc) is 2.46. The number of pyridine rings is 2. The van der Waals surface area contributed by atoms with E-state index in [4.69, 9.17) is 17.3 Å². The Hall–Kier alpha value is -2.27. The molecule has 0 saturated carbocycles. The Balaban J connectivity index is 2.26. The van der Waals surface area contributed by atoms with Crippen LogP contribution in [0.3, 0.4) is 0 Å². The lowest BCUT2D eigenvalue weighted by atomic mass is 9.91. The number of hydrogen-bond acceptors (Lipinski definition) is 5. The van der Waals surface area contributed by atoms with E-state index >= 15 is 0 Å². The summed E-state index contributed by atoms with van der Waals surface area (Å²) in [7, 11) is 0. The van der Waals surface area contributed by atoms with Gasteiger partial charge in [0.25, 0.3) is 0 Å². The topological polar surface area (TPSA) is 77.6 Å². The van der Waals surface area contributed by atoms with E-state index in [1.807, 2.05) is 12.1 Å². The summed E-state index contributed by atoms with van der Waals surface area (Å²) >= 11 is 6.50. The van der Waals surface area contributed by atoms with E-state index in [1.54, 1.807) is 18.6 Å². The van der Waals surface area contributed by atoms with E-state index in [0.29, 0.717) is 27.6 Å². The minimum Gasteiger partial charge on any atom is -0.383 e.